The minimum Gasteiger partial charge on any atom is -0.314 e. The molecule has 0 bridgehead atoms. The molecule has 18 heavy (non-hydrogen) atoms. The molecular formula is C11H14ClFN2O2S. The van der Waals surface area contributed by atoms with E-state index in [0.29, 0.717) is 19.6 Å². The molecule has 4 nitrogen and oxygen atoms in total. The van der Waals surface area contributed by atoms with Gasteiger partial charge in [0, 0.05) is 30.7 Å². The Bertz CT molecular complexity index is 550. The van der Waals surface area contributed by atoms with Gasteiger partial charge in [0.15, 0.2) is 0 Å². The summed E-state index contributed by atoms with van der Waals surface area (Å²) in [5.74, 6) is -0.812. The summed E-state index contributed by atoms with van der Waals surface area (Å²) in [4.78, 5) is -0.319. The van der Waals surface area contributed by atoms with Crippen LogP contribution in [0.3, 0.4) is 0 Å². The van der Waals surface area contributed by atoms with Crippen molar-refractivity contribution in [3.8, 4) is 0 Å². The fourth-order valence-electron chi connectivity index (χ4n) is 1.99. The molecule has 0 spiro atoms. The predicted octanol–water partition coefficient (Wildman–Crippen LogP) is 1.46. The van der Waals surface area contributed by atoms with Crippen molar-refractivity contribution in [2.45, 2.75) is 17.9 Å². The van der Waals surface area contributed by atoms with Crippen LogP contribution in [-0.2, 0) is 10.0 Å². The molecule has 1 aromatic carbocycles. The summed E-state index contributed by atoms with van der Waals surface area (Å²) in [6, 6.07) is 3.41. The topological polar surface area (TPSA) is 49.4 Å². The van der Waals surface area contributed by atoms with E-state index < -0.39 is 15.8 Å². The average molecular weight is 293 g/mol. The van der Waals surface area contributed by atoms with Gasteiger partial charge in [-0.3, -0.25) is 0 Å². The van der Waals surface area contributed by atoms with Crippen LogP contribution in [0.25, 0.3) is 0 Å². The smallest absolute Gasteiger partial charge is 0.246 e. The molecule has 100 valence electrons. The second-order valence-corrected chi connectivity index (χ2v) is 6.54. The zero-order valence-corrected chi connectivity index (χ0v) is 11.4. The van der Waals surface area contributed by atoms with E-state index in [1.165, 1.54) is 16.4 Å². The minimum atomic E-state index is -3.80. The lowest BCUT2D eigenvalue weighted by Gasteiger charge is -2.32. The Balaban J connectivity index is 2.41. The number of nitrogens with zero attached hydrogens (tertiary/aromatic N) is 1. The Labute approximate surface area is 111 Å². The summed E-state index contributed by atoms with van der Waals surface area (Å²) in [6.07, 6.45) is 0. The molecule has 7 heteroatoms. The molecule has 1 aromatic rings. The second kappa shape index (κ2) is 5.13. The fourth-order valence-corrected chi connectivity index (χ4v) is 3.83. The van der Waals surface area contributed by atoms with Crippen molar-refractivity contribution in [2.75, 3.05) is 19.6 Å². The van der Waals surface area contributed by atoms with Crippen LogP contribution in [0, 0.1) is 5.82 Å². The zero-order valence-electron chi connectivity index (χ0n) is 9.86. The predicted molar refractivity (Wildman–Crippen MR) is 67.6 cm³/mol. The Morgan fingerprint density at radius 1 is 1.50 bits per heavy atom. The van der Waals surface area contributed by atoms with Gasteiger partial charge in [-0.05, 0) is 25.1 Å². The number of rotatable bonds is 2. The van der Waals surface area contributed by atoms with E-state index in [9.17, 15) is 12.8 Å². The maximum Gasteiger partial charge on any atom is 0.246 e. The third-order valence-corrected chi connectivity index (χ3v) is 5.20. The van der Waals surface area contributed by atoms with Crippen LogP contribution in [0.5, 0.6) is 0 Å². The highest BCUT2D eigenvalue weighted by Crippen LogP contribution is 2.24. The molecule has 1 heterocycles. The van der Waals surface area contributed by atoms with Gasteiger partial charge in [0.25, 0.3) is 0 Å². The van der Waals surface area contributed by atoms with Gasteiger partial charge in [0.1, 0.15) is 10.7 Å². The fraction of sp³-hybridized carbons (Fsp3) is 0.455. The Hall–Kier alpha value is -0.690. The van der Waals surface area contributed by atoms with E-state index in [1.54, 1.807) is 6.92 Å². The van der Waals surface area contributed by atoms with Crippen molar-refractivity contribution in [2.24, 2.45) is 0 Å². The number of piperazine rings is 1. The van der Waals surface area contributed by atoms with E-state index in [0.717, 1.165) is 6.07 Å². The molecule has 0 aliphatic carbocycles. The molecule has 2 rings (SSSR count). The van der Waals surface area contributed by atoms with Crippen LogP contribution < -0.4 is 5.32 Å². The van der Waals surface area contributed by atoms with Gasteiger partial charge >= 0.3 is 0 Å². The quantitative estimate of drug-likeness (QED) is 0.898. The zero-order chi connectivity index (χ0) is 13.3. The summed E-state index contributed by atoms with van der Waals surface area (Å²) < 4.78 is 39.7. The summed E-state index contributed by atoms with van der Waals surface area (Å²) >= 11 is 5.62. The van der Waals surface area contributed by atoms with Crippen LogP contribution in [-0.4, -0.2) is 38.4 Å². The first-order valence-electron chi connectivity index (χ1n) is 5.60. The van der Waals surface area contributed by atoms with Crippen LogP contribution >= 0.6 is 11.6 Å². The molecule has 1 aliphatic heterocycles. The van der Waals surface area contributed by atoms with Gasteiger partial charge < -0.3 is 5.32 Å². The van der Waals surface area contributed by atoms with Crippen molar-refractivity contribution < 1.29 is 12.8 Å². The van der Waals surface area contributed by atoms with Crippen LogP contribution in [0.2, 0.25) is 5.02 Å². The highest BCUT2D eigenvalue weighted by atomic mass is 35.5. The molecule has 1 N–H and O–H groups in total. The number of hydrogen-bond donors (Lipinski definition) is 1. The number of benzene rings is 1. The highest BCUT2D eigenvalue weighted by molar-refractivity contribution is 7.89. The van der Waals surface area contributed by atoms with Crippen LogP contribution in [0.4, 0.5) is 4.39 Å². The van der Waals surface area contributed by atoms with Gasteiger partial charge in [-0.15, -0.1) is 0 Å². The molecule has 1 fully saturated rings. The normalized spacial score (nSPS) is 22.1. The SMILES string of the molecule is C[C@@H]1CNCCN1S(=O)(=O)c1ccc(Cl)cc1F. The van der Waals surface area contributed by atoms with E-state index in [1.807, 2.05) is 0 Å². The molecular weight excluding hydrogens is 279 g/mol. The number of halogens is 2. The first-order chi connectivity index (χ1) is 8.43. The Kier molecular flexibility index (Phi) is 3.91. The summed E-state index contributed by atoms with van der Waals surface area (Å²) in [6.45, 7) is 3.26. The van der Waals surface area contributed by atoms with Gasteiger partial charge in [0.05, 0.1) is 0 Å². The van der Waals surface area contributed by atoms with E-state index in [2.05, 4.69) is 5.32 Å². The number of hydrogen-bond acceptors (Lipinski definition) is 3. The third-order valence-electron chi connectivity index (χ3n) is 2.92. The second-order valence-electron chi connectivity index (χ2n) is 4.24. The average Bonchev–Trinajstić information content (AvgIpc) is 2.28. The van der Waals surface area contributed by atoms with E-state index in [-0.39, 0.29) is 16.0 Å². The first-order valence-corrected chi connectivity index (χ1v) is 7.42. The molecule has 1 atom stereocenters. The standard InChI is InChI=1S/C11H14ClFN2O2S/c1-8-7-14-4-5-15(8)18(16,17)11-3-2-9(12)6-10(11)13/h2-3,6,8,14H,4-5,7H2,1H3/t8-/m1/s1. The Morgan fingerprint density at radius 2 is 2.22 bits per heavy atom. The van der Waals surface area contributed by atoms with Crippen LogP contribution in [0.1, 0.15) is 6.92 Å². The number of sulfonamides is 1. The first kappa shape index (κ1) is 13.7. The third kappa shape index (κ3) is 2.51. The van der Waals surface area contributed by atoms with Gasteiger partial charge in [0.2, 0.25) is 10.0 Å². The molecule has 0 amide bonds. The van der Waals surface area contributed by atoms with Crippen molar-refractivity contribution in [1.82, 2.24) is 9.62 Å². The van der Waals surface area contributed by atoms with Crippen molar-refractivity contribution in [1.29, 1.82) is 0 Å². The lowest BCUT2D eigenvalue weighted by molar-refractivity contribution is 0.283. The van der Waals surface area contributed by atoms with Gasteiger partial charge in [-0.25, -0.2) is 12.8 Å². The maximum absolute atomic E-state index is 13.7. The Morgan fingerprint density at radius 3 is 2.83 bits per heavy atom. The summed E-state index contributed by atoms with van der Waals surface area (Å²) in [5.41, 5.74) is 0. The molecule has 0 aromatic heterocycles. The van der Waals surface area contributed by atoms with Crippen LogP contribution in [0.15, 0.2) is 23.1 Å². The molecule has 0 unspecified atom stereocenters. The molecule has 0 radical (unpaired) electrons. The highest BCUT2D eigenvalue weighted by Gasteiger charge is 2.32. The minimum absolute atomic E-state index is 0.180. The van der Waals surface area contributed by atoms with Crippen molar-refractivity contribution in [3.63, 3.8) is 0 Å². The molecule has 1 aliphatic rings. The van der Waals surface area contributed by atoms with Crippen molar-refractivity contribution >= 4 is 21.6 Å². The lowest BCUT2D eigenvalue weighted by atomic mass is 10.3. The van der Waals surface area contributed by atoms with Gasteiger partial charge in [-0.2, -0.15) is 4.31 Å². The van der Waals surface area contributed by atoms with Crippen molar-refractivity contribution in [3.05, 3.63) is 29.0 Å². The number of nitrogens with one attached hydrogen (secondary N) is 1. The molecule has 1 saturated heterocycles. The van der Waals surface area contributed by atoms with E-state index >= 15 is 0 Å². The van der Waals surface area contributed by atoms with E-state index in [4.69, 9.17) is 11.6 Å². The maximum atomic E-state index is 13.7. The monoisotopic (exact) mass is 292 g/mol. The lowest BCUT2D eigenvalue weighted by Crippen LogP contribution is -2.52. The van der Waals surface area contributed by atoms with Gasteiger partial charge in [-0.1, -0.05) is 11.6 Å². The largest absolute Gasteiger partial charge is 0.314 e. The molecule has 0 saturated carbocycles. The summed E-state index contributed by atoms with van der Waals surface area (Å²) in [5, 5.41) is 3.27. The summed E-state index contributed by atoms with van der Waals surface area (Å²) in [7, 11) is -3.80.